The molecule has 0 radical (unpaired) electrons. The minimum atomic E-state index is -2.82. The van der Waals surface area contributed by atoms with Crippen molar-refractivity contribution in [2.45, 2.75) is 18.4 Å². The monoisotopic (exact) mass is 440 g/mol. The summed E-state index contributed by atoms with van der Waals surface area (Å²) in [5, 5.41) is 4.77. The maximum atomic E-state index is 12.8. The van der Waals surface area contributed by atoms with Gasteiger partial charge in [-0.15, -0.1) is 0 Å². The van der Waals surface area contributed by atoms with Crippen LogP contribution in [0.3, 0.4) is 0 Å². The lowest BCUT2D eigenvalue weighted by molar-refractivity contribution is 0.100. The van der Waals surface area contributed by atoms with Gasteiger partial charge in [0.1, 0.15) is 6.61 Å². The Bertz CT molecular complexity index is 1180. The second-order valence-electron chi connectivity index (χ2n) is 6.67. The van der Waals surface area contributed by atoms with Crippen LogP contribution in [0.15, 0.2) is 93.3 Å². The summed E-state index contributed by atoms with van der Waals surface area (Å²) in [6, 6.07) is 22.9. The van der Waals surface area contributed by atoms with Crippen LogP contribution in [0, 0.1) is 0 Å². The van der Waals surface area contributed by atoms with Gasteiger partial charge in [-0.3, -0.25) is 4.79 Å². The summed E-state index contributed by atoms with van der Waals surface area (Å²) < 4.78 is 16.8. The lowest BCUT2D eigenvalue weighted by atomic mass is 10.1. The quantitative estimate of drug-likeness (QED) is 0.371. The van der Waals surface area contributed by atoms with Crippen molar-refractivity contribution in [3.63, 3.8) is 0 Å². The molecule has 0 saturated heterocycles. The lowest BCUT2D eigenvalue weighted by Crippen LogP contribution is -2.04. The maximum Gasteiger partial charge on any atom is 0.285 e. The zero-order chi connectivity index (χ0) is 21.6. The molecule has 3 aromatic carbocycles. The van der Waals surface area contributed by atoms with E-state index in [0.717, 1.165) is 11.1 Å². The fourth-order valence-electron chi connectivity index (χ4n) is 2.68. The lowest BCUT2D eigenvalue weighted by Gasteiger charge is -2.06. The number of nitrogens with zero attached hydrogens (tertiary/aromatic N) is 2. The Balaban J connectivity index is 1.71. The Hall–Kier alpha value is -2.96. The van der Waals surface area contributed by atoms with Crippen LogP contribution in [-0.4, -0.2) is 22.1 Å². The third-order valence-corrected chi connectivity index (χ3v) is 6.22. The normalized spacial score (nSPS) is 13.4. The Morgan fingerprint density at radius 2 is 1.67 bits per heavy atom. The van der Waals surface area contributed by atoms with E-state index < -0.39 is 15.6 Å². The smallest absolute Gasteiger partial charge is 0.285 e. The molecule has 1 atom stereocenters. The summed E-state index contributed by atoms with van der Waals surface area (Å²) >= 11 is 5.89. The van der Waals surface area contributed by atoms with E-state index in [4.69, 9.17) is 16.4 Å². The molecule has 0 N–H and O–H groups in total. The summed E-state index contributed by atoms with van der Waals surface area (Å²) in [6.07, 6.45) is 1.46. The van der Waals surface area contributed by atoms with Gasteiger partial charge in [0.05, 0.1) is 15.4 Å². The highest BCUT2D eigenvalue weighted by Crippen LogP contribution is 2.15. The number of halogens is 1. The molecule has 3 rings (SSSR count). The number of hydrogen-bond donors (Lipinski definition) is 0. The van der Waals surface area contributed by atoms with E-state index in [1.165, 1.54) is 6.26 Å². The molecule has 0 unspecified atom stereocenters. The third-order valence-electron chi connectivity index (χ3n) is 4.31. The van der Waals surface area contributed by atoms with Crippen LogP contribution in [0.5, 0.6) is 0 Å². The zero-order valence-corrected chi connectivity index (χ0v) is 18.2. The molecule has 7 heteroatoms. The standard InChI is InChI=1S/C23H21ClN2O3S/c1-17(19-11-13-21(24)14-12-19)25-29-16-18-7-6-8-20(15-18)23(27)26-30(2,28)22-9-4-3-5-10-22/h3-15H,16H2,1-2H3/b25-17-/t30-/m0/s1. The van der Waals surface area contributed by atoms with Crippen LogP contribution < -0.4 is 0 Å². The SMILES string of the molecule is C/C(=N/OCc1cccc(C(=O)N=[S@@](C)(=O)c2ccccc2)c1)c1ccc(Cl)cc1. The highest BCUT2D eigenvalue weighted by Gasteiger charge is 2.11. The van der Waals surface area contributed by atoms with Crippen molar-refractivity contribution in [1.29, 1.82) is 0 Å². The molecule has 0 saturated carbocycles. The van der Waals surface area contributed by atoms with Crippen molar-refractivity contribution >= 4 is 32.9 Å². The molecule has 0 spiro atoms. The first-order chi connectivity index (χ1) is 14.3. The molecule has 0 aliphatic carbocycles. The van der Waals surface area contributed by atoms with Gasteiger partial charge in [-0.1, -0.05) is 59.2 Å². The Morgan fingerprint density at radius 1 is 0.967 bits per heavy atom. The zero-order valence-electron chi connectivity index (χ0n) is 16.6. The van der Waals surface area contributed by atoms with Gasteiger partial charge in [-0.25, -0.2) is 4.21 Å². The molecular weight excluding hydrogens is 420 g/mol. The molecule has 30 heavy (non-hydrogen) atoms. The van der Waals surface area contributed by atoms with E-state index >= 15 is 0 Å². The second-order valence-corrected chi connectivity index (χ2v) is 9.36. The number of rotatable bonds is 6. The number of hydrogen-bond acceptors (Lipinski definition) is 4. The van der Waals surface area contributed by atoms with E-state index in [1.54, 1.807) is 54.6 Å². The molecule has 0 aliphatic rings. The van der Waals surface area contributed by atoms with Crippen LogP contribution in [0.2, 0.25) is 5.02 Å². The molecule has 0 heterocycles. The van der Waals surface area contributed by atoms with Gasteiger partial charge < -0.3 is 4.84 Å². The molecular formula is C23H21ClN2O3S. The maximum absolute atomic E-state index is 12.8. The fourth-order valence-corrected chi connectivity index (χ4v) is 3.99. The molecule has 3 aromatic rings. The highest BCUT2D eigenvalue weighted by molar-refractivity contribution is 7.93. The summed E-state index contributed by atoms with van der Waals surface area (Å²) in [5.74, 6) is -0.533. The van der Waals surface area contributed by atoms with E-state index in [9.17, 15) is 9.00 Å². The summed E-state index contributed by atoms with van der Waals surface area (Å²) in [7, 11) is -2.82. The van der Waals surface area contributed by atoms with Crippen molar-refractivity contribution in [2.24, 2.45) is 9.52 Å². The number of carbonyl (C=O) groups excluding carboxylic acids is 1. The first-order valence-electron chi connectivity index (χ1n) is 9.18. The van der Waals surface area contributed by atoms with Crippen molar-refractivity contribution < 1.29 is 13.8 Å². The van der Waals surface area contributed by atoms with Crippen molar-refractivity contribution in [2.75, 3.05) is 6.26 Å². The van der Waals surface area contributed by atoms with Crippen LogP contribution in [-0.2, 0) is 21.2 Å². The van der Waals surface area contributed by atoms with Crippen LogP contribution in [0.4, 0.5) is 0 Å². The first-order valence-corrected chi connectivity index (χ1v) is 11.5. The highest BCUT2D eigenvalue weighted by atomic mass is 35.5. The van der Waals surface area contributed by atoms with Crippen LogP contribution in [0.25, 0.3) is 0 Å². The van der Waals surface area contributed by atoms with Gasteiger partial charge in [0.2, 0.25) is 0 Å². The van der Waals surface area contributed by atoms with Gasteiger partial charge in [0, 0.05) is 21.7 Å². The minimum Gasteiger partial charge on any atom is -0.391 e. The van der Waals surface area contributed by atoms with E-state index in [1.807, 2.05) is 31.2 Å². The number of carbonyl (C=O) groups is 1. The fraction of sp³-hybridized carbons (Fsp3) is 0.130. The Kier molecular flexibility index (Phi) is 7.03. The molecule has 0 aromatic heterocycles. The number of oxime groups is 1. The summed E-state index contributed by atoms with van der Waals surface area (Å²) in [5.41, 5.74) is 2.72. The van der Waals surface area contributed by atoms with Gasteiger partial charge in [-0.05, 0) is 54.4 Å². The molecule has 0 bridgehead atoms. The second kappa shape index (κ2) is 9.69. The van der Waals surface area contributed by atoms with Gasteiger partial charge in [0.15, 0.2) is 0 Å². The van der Waals surface area contributed by atoms with Crippen molar-refractivity contribution in [3.8, 4) is 0 Å². The molecule has 5 nitrogen and oxygen atoms in total. The minimum absolute atomic E-state index is 0.187. The molecule has 154 valence electrons. The van der Waals surface area contributed by atoms with E-state index in [0.29, 0.717) is 21.2 Å². The molecule has 0 fully saturated rings. The predicted octanol–water partition coefficient (Wildman–Crippen LogP) is 5.58. The first kappa shape index (κ1) is 21.7. The summed E-state index contributed by atoms with van der Waals surface area (Å²) in [6.45, 7) is 2.02. The average molecular weight is 441 g/mol. The van der Waals surface area contributed by atoms with Gasteiger partial charge in [0.25, 0.3) is 5.91 Å². The molecule has 1 amide bonds. The Labute approximate surface area is 181 Å². The average Bonchev–Trinajstić information content (AvgIpc) is 2.75. The van der Waals surface area contributed by atoms with Crippen molar-refractivity contribution in [1.82, 2.24) is 0 Å². The topological polar surface area (TPSA) is 68.1 Å². The summed E-state index contributed by atoms with van der Waals surface area (Å²) in [4.78, 5) is 18.5. The van der Waals surface area contributed by atoms with E-state index in [-0.39, 0.29) is 6.61 Å². The Morgan fingerprint density at radius 3 is 2.37 bits per heavy atom. The largest absolute Gasteiger partial charge is 0.391 e. The molecule has 0 aliphatic heterocycles. The van der Waals surface area contributed by atoms with Gasteiger partial charge >= 0.3 is 0 Å². The van der Waals surface area contributed by atoms with Crippen LogP contribution >= 0.6 is 11.6 Å². The number of amides is 1. The van der Waals surface area contributed by atoms with Crippen LogP contribution in [0.1, 0.15) is 28.4 Å². The van der Waals surface area contributed by atoms with E-state index in [2.05, 4.69) is 9.52 Å². The van der Waals surface area contributed by atoms with Crippen molar-refractivity contribution in [3.05, 3.63) is 101 Å². The number of benzene rings is 3. The predicted molar refractivity (Wildman–Crippen MR) is 120 cm³/mol. The van der Waals surface area contributed by atoms with Gasteiger partial charge in [-0.2, -0.15) is 4.36 Å². The third kappa shape index (κ3) is 5.78.